The summed E-state index contributed by atoms with van der Waals surface area (Å²) in [7, 11) is 0. The van der Waals surface area contributed by atoms with E-state index in [-0.39, 0.29) is 23.9 Å². The Morgan fingerprint density at radius 2 is 1.74 bits per heavy atom. The molecule has 2 saturated heterocycles. The van der Waals surface area contributed by atoms with E-state index in [0.717, 1.165) is 44.5 Å². The van der Waals surface area contributed by atoms with Crippen LogP contribution in [0.1, 0.15) is 44.2 Å². The van der Waals surface area contributed by atoms with E-state index in [1.165, 1.54) is 24.5 Å². The first-order valence-electron chi connectivity index (χ1n) is 12.4. The predicted octanol–water partition coefficient (Wildman–Crippen LogP) is 3.40. The molecule has 2 fully saturated rings. The highest BCUT2D eigenvalue weighted by Crippen LogP contribution is 2.23. The summed E-state index contributed by atoms with van der Waals surface area (Å²) in [5.41, 5.74) is 1.58. The minimum atomic E-state index is -0.194. The summed E-state index contributed by atoms with van der Waals surface area (Å²) in [5, 5.41) is 12.1. The molecule has 2 amide bonds. The molecule has 2 aliphatic heterocycles. The van der Waals surface area contributed by atoms with Crippen molar-refractivity contribution in [3.8, 4) is 6.07 Å². The first kappa shape index (κ1) is 24.9. The molecule has 0 aliphatic carbocycles. The van der Waals surface area contributed by atoms with Gasteiger partial charge in [0, 0.05) is 38.3 Å². The third-order valence-electron chi connectivity index (χ3n) is 7.06. The first-order valence-corrected chi connectivity index (χ1v) is 12.4. The van der Waals surface area contributed by atoms with E-state index in [4.69, 9.17) is 5.26 Å². The smallest absolute Gasteiger partial charge is 0.318 e. The fourth-order valence-electron chi connectivity index (χ4n) is 5.18. The van der Waals surface area contributed by atoms with Gasteiger partial charge >= 0.3 is 6.03 Å². The zero-order valence-corrected chi connectivity index (χ0v) is 20.5. The Morgan fingerprint density at radius 1 is 1.11 bits per heavy atom. The third kappa shape index (κ3) is 6.45. The highest BCUT2D eigenvalue weighted by Gasteiger charge is 2.34. The second-order valence-corrected chi connectivity index (χ2v) is 9.76. The molecule has 186 valence electrons. The predicted molar refractivity (Wildman–Crippen MR) is 132 cm³/mol. The first-order chi connectivity index (χ1) is 16.9. The molecule has 0 saturated carbocycles. The van der Waals surface area contributed by atoms with Crippen LogP contribution < -0.4 is 10.2 Å². The molecule has 0 radical (unpaired) electrons. The number of hydrogen-bond donors (Lipinski definition) is 1. The van der Waals surface area contributed by atoms with Crippen LogP contribution in [0.2, 0.25) is 0 Å². The van der Waals surface area contributed by atoms with Crippen LogP contribution in [0.25, 0.3) is 0 Å². The molecular weight excluding hydrogens is 445 g/mol. The van der Waals surface area contributed by atoms with Crippen molar-refractivity contribution in [2.45, 2.75) is 51.7 Å². The van der Waals surface area contributed by atoms with E-state index in [0.29, 0.717) is 37.1 Å². The van der Waals surface area contributed by atoms with Gasteiger partial charge in [-0.05, 0) is 69.8 Å². The molecule has 0 unspecified atom stereocenters. The lowest BCUT2D eigenvalue weighted by atomic mass is 9.93. The van der Waals surface area contributed by atoms with Crippen LogP contribution in [0.5, 0.6) is 0 Å². The topological polar surface area (TPSA) is 88.4 Å². The normalized spacial score (nSPS) is 21.5. The number of urea groups is 1. The number of benzene rings is 1. The number of anilines is 1. The lowest BCUT2D eigenvalue weighted by Crippen LogP contribution is -2.61. The van der Waals surface area contributed by atoms with Crippen LogP contribution in [-0.4, -0.2) is 70.6 Å². The maximum absolute atomic E-state index is 13.1. The van der Waals surface area contributed by atoms with Gasteiger partial charge in [-0.15, -0.1) is 0 Å². The van der Waals surface area contributed by atoms with Crippen molar-refractivity contribution in [2.24, 2.45) is 5.92 Å². The standard InChI is InChI=1S/C26H34FN7O/c1-19-16-33(25-30-14-23(13-28)15-31-25)17-20(2)34(19)26(35)29-10-7-21-8-11-32(12-9-21)18-22-3-5-24(27)6-4-22/h3-6,14-15,19-21H,7-12,16-18H2,1-2H3,(H,29,35)/t19-,20+. The Morgan fingerprint density at radius 3 is 2.34 bits per heavy atom. The van der Waals surface area contributed by atoms with Gasteiger partial charge in [0.1, 0.15) is 11.9 Å². The van der Waals surface area contributed by atoms with E-state index < -0.39 is 0 Å². The summed E-state index contributed by atoms with van der Waals surface area (Å²) in [6.07, 6.45) is 6.28. The molecule has 1 aromatic heterocycles. The van der Waals surface area contributed by atoms with Crippen LogP contribution in [0.4, 0.5) is 15.1 Å². The monoisotopic (exact) mass is 479 g/mol. The van der Waals surface area contributed by atoms with Crippen molar-refractivity contribution in [2.75, 3.05) is 37.6 Å². The summed E-state index contributed by atoms with van der Waals surface area (Å²) < 4.78 is 13.1. The number of aromatic nitrogens is 2. The van der Waals surface area contributed by atoms with Gasteiger partial charge in [0.25, 0.3) is 0 Å². The van der Waals surface area contributed by atoms with Crippen molar-refractivity contribution < 1.29 is 9.18 Å². The molecule has 1 N–H and O–H groups in total. The maximum Gasteiger partial charge on any atom is 0.318 e. The SMILES string of the molecule is C[C@@H]1CN(c2ncc(C#N)cn2)C[C@H](C)N1C(=O)NCCC1CCN(Cc2ccc(F)cc2)CC1. The maximum atomic E-state index is 13.1. The number of nitrogens with one attached hydrogen (secondary N) is 1. The molecule has 8 nitrogen and oxygen atoms in total. The number of hydrogen-bond acceptors (Lipinski definition) is 6. The molecule has 2 atom stereocenters. The Labute approximate surface area is 206 Å². The Balaban J connectivity index is 1.18. The molecular formula is C26H34FN7O. The summed E-state index contributed by atoms with van der Waals surface area (Å²) in [5.74, 6) is 1.01. The van der Waals surface area contributed by atoms with Crippen LogP contribution in [0.15, 0.2) is 36.7 Å². The fourth-order valence-corrected chi connectivity index (χ4v) is 5.18. The molecule has 35 heavy (non-hydrogen) atoms. The quantitative estimate of drug-likeness (QED) is 0.683. The summed E-state index contributed by atoms with van der Waals surface area (Å²) in [6.45, 7) is 8.99. The molecule has 9 heteroatoms. The number of nitrogens with zero attached hydrogens (tertiary/aromatic N) is 6. The minimum absolute atomic E-state index is 0.0147. The Bertz CT molecular complexity index is 1000. The Kier molecular flexibility index (Phi) is 8.13. The summed E-state index contributed by atoms with van der Waals surface area (Å²) in [6, 6.07) is 8.82. The van der Waals surface area contributed by atoms with Gasteiger partial charge in [-0.2, -0.15) is 5.26 Å². The number of carbonyl (C=O) groups excluding carboxylic acids is 1. The van der Waals surface area contributed by atoms with Crippen molar-refractivity contribution in [3.05, 3.63) is 53.6 Å². The number of rotatable bonds is 6. The molecule has 3 heterocycles. The highest BCUT2D eigenvalue weighted by atomic mass is 19.1. The Hall–Kier alpha value is -3.25. The number of piperidine rings is 1. The van der Waals surface area contributed by atoms with Crippen molar-refractivity contribution in [1.29, 1.82) is 5.26 Å². The average molecular weight is 480 g/mol. The van der Waals surface area contributed by atoms with Gasteiger partial charge in [-0.3, -0.25) is 4.90 Å². The number of amides is 2. The summed E-state index contributed by atoms with van der Waals surface area (Å²) >= 11 is 0. The number of piperazine rings is 1. The zero-order chi connectivity index (χ0) is 24.8. The highest BCUT2D eigenvalue weighted by molar-refractivity contribution is 5.75. The fraction of sp³-hybridized carbons (Fsp3) is 0.538. The van der Waals surface area contributed by atoms with Gasteiger partial charge < -0.3 is 15.1 Å². The van der Waals surface area contributed by atoms with E-state index in [2.05, 4.69) is 25.1 Å². The molecule has 2 aliphatic rings. The number of nitriles is 1. The van der Waals surface area contributed by atoms with Gasteiger partial charge in [0.2, 0.25) is 5.95 Å². The number of halogens is 1. The number of likely N-dealkylation sites (tertiary alicyclic amines) is 1. The average Bonchev–Trinajstić information content (AvgIpc) is 2.86. The second kappa shape index (κ2) is 11.5. The lowest BCUT2D eigenvalue weighted by Gasteiger charge is -2.44. The van der Waals surface area contributed by atoms with Gasteiger partial charge in [0.15, 0.2) is 0 Å². The van der Waals surface area contributed by atoms with Crippen LogP contribution in [0, 0.1) is 23.1 Å². The van der Waals surface area contributed by atoms with E-state index in [1.807, 2.05) is 36.9 Å². The molecule has 4 rings (SSSR count). The van der Waals surface area contributed by atoms with Crippen LogP contribution in [0.3, 0.4) is 0 Å². The van der Waals surface area contributed by atoms with Crippen molar-refractivity contribution in [1.82, 2.24) is 25.1 Å². The number of carbonyl (C=O) groups is 1. The molecule has 1 aromatic carbocycles. The van der Waals surface area contributed by atoms with E-state index in [9.17, 15) is 9.18 Å². The van der Waals surface area contributed by atoms with E-state index >= 15 is 0 Å². The molecule has 0 spiro atoms. The van der Waals surface area contributed by atoms with Gasteiger partial charge in [-0.25, -0.2) is 19.2 Å². The second-order valence-electron chi connectivity index (χ2n) is 9.76. The van der Waals surface area contributed by atoms with Crippen LogP contribution >= 0.6 is 0 Å². The minimum Gasteiger partial charge on any atom is -0.338 e. The zero-order valence-electron chi connectivity index (χ0n) is 20.5. The molecule has 2 aromatic rings. The largest absolute Gasteiger partial charge is 0.338 e. The lowest BCUT2D eigenvalue weighted by molar-refractivity contribution is 0.139. The summed E-state index contributed by atoms with van der Waals surface area (Å²) in [4.78, 5) is 28.0. The van der Waals surface area contributed by atoms with Crippen molar-refractivity contribution in [3.63, 3.8) is 0 Å². The van der Waals surface area contributed by atoms with E-state index in [1.54, 1.807) is 0 Å². The third-order valence-corrected chi connectivity index (χ3v) is 7.06. The molecule has 0 bridgehead atoms. The van der Waals surface area contributed by atoms with Gasteiger partial charge in [-0.1, -0.05) is 12.1 Å². The van der Waals surface area contributed by atoms with Gasteiger partial charge in [0.05, 0.1) is 18.0 Å². The van der Waals surface area contributed by atoms with Crippen LogP contribution in [-0.2, 0) is 6.54 Å². The van der Waals surface area contributed by atoms with Crippen molar-refractivity contribution >= 4 is 12.0 Å².